The highest BCUT2D eigenvalue weighted by atomic mass is 35.5. The van der Waals surface area contributed by atoms with Crippen molar-refractivity contribution in [1.82, 2.24) is 0 Å². The minimum atomic E-state index is -1.66. The summed E-state index contributed by atoms with van der Waals surface area (Å²) in [5.41, 5.74) is 0. The first-order valence-corrected chi connectivity index (χ1v) is 5.69. The molecule has 0 aliphatic carbocycles. The molecule has 0 fully saturated rings. The van der Waals surface area contributed by atoms with Crippen LogP contribution in [0.2, 0.25) is 0 Å². The van der Waals surface area contributed by atoms with Crippen molar-refractivity contribution >= 4 is 34.3 Å². The van der Waals surface area contributed by atoms with Gasteiger partial charge in [0.25, 0.3) is 0 Å². The highest BCUT2D eigenvalue weighted by Gasteiger charge is 2.01. The van der Waals surface area contributed by atoms with E-state index in [1.807, 2.05) is 0 Å². The Morgan fingerprint density at radius 1 is 1.45 bits per heavy atom. The first-order chi connectivity index (χ1) is 5.16. The fraction of sp³-hybridized carbons (Fsp3) is 1.00. The fourth-order valence-electron chi connectivity index (χ4n) is 0.669. The van der Waals surface area contributed by atoms with Crippen molar-refractivity contribution < 1.29 is 8.76 Å². The van der Waals surface area contributed by atoms with Gasteiger partial charge in [0.2, 0.25) is 0 Å². The van der Waals surface area contributed by atoms with E-state index in [9.17, 15) is 4.21 Å². The number of alkyl halides is 2. The lowest BCUT2D eigenvalue weighted by molar-refractivity contribution is 0.558. The van der Waals surface area contributed by atoms with Crippen LogP contribution in [0.25, 0.3) is 0 Å². The van der Waals surface area contributed by atoms with Gasteiger partial charge in [-0.3, -0.25) is 0 Å². The lowest BCUT2D eigenvalue weighted by atomic mass is 10.2. The first-order valence-electron chi connectivity index (χ1n) is 3.44. The number of rotatable bonds is 6. The molecule has 0 radical (unpaired) electrons. The summed E-state index contributed by atoms with van der Waals surface area (Å²) in [7, 11) is 0. The lowest BCUT2D eigenvalue weighted by Crippen LogP contribution is -2.01. The molecule has 2 atom stereocenters. The molecule has 0 aromatic carbocycles. The van der Waals surface area contributed by atoms with Crippen LogP contribution in [0.4, 0.5) is 0 Å². The van der Waals surface area contributed by atoms with Crippen LogP contribution in [-0.2, 0) is 11.1 Å². The van der Waals surface area contributed by atoms with E-state index in [1.165, 1.54) is 0 Å². The Hall–Kier alpha value is 0.690. The van der Waals surface area contributed by atoms with Crippen LogP contribution in [0.5, 0.6) is 0 Å². The average Bonchev–Trinajstić information content (AvgIpc) is 1.97. The third-order valence-electron chi connectivity index (χ3n) is 1.25. The van der Waals surface area contributed by atoms with Gasteiger partial charge in [-0.05, 0) is 12.8 Å². The quantitative estimate of drug-likeness (QED) is 0.422. The zero-order valence-electron chi connectivity index (χ0n) is 6.13. The molecular formula is C6H12Cl2O2S. The van der Waals surface area contributed by atoms with Gasteiger partial charge in [-0.25, -0.2) is 4.21 Å². The summed E-state index contributed by atoms with van der Waals surface area (Å²) in [6, 6.07) is 0. The summed E-state index contributed by atoms with van der Waals surface area (Å²) in [5, 5.41) is 0.00351. The molecule has 0 amide bonds. The molecule has 0 aromatic heterocycles. The molecule has 5 heteroatoms. The van der Waals surface area contributed by atoms with Crippen LogP contribution in [0.3, 0.4) is 0 Å². The summed E-state index contributed by atoms with van der Waals surface area (Å²) in [6.07, 6.45) is 2.43. The molecule has 11 heavy (non-hydrogen) atoms. The second-order valence-corrected chi connectivity index (χ2v) is 4.25. The molecule has 2 unspecified atom stereocenters. The molecule has 0 aliphatic heterocycles. The van der Waals surface area contributed by atoms with Gasteiger partial charge in [0, 0.05) is 17.0 Å². The smallest absolute Gasteiger partial charge is 0.152 e. The predicted octanol–water partition coefficient (Wildman–Crippen LogP) is 2.22. The second kappa shape index (κ2) is 7.35. The molecule has 2 nitrogen and oxygen atoms in total. The van der Waals surface area contributed by atoms with E-state index in [0.29, 0.717) is 11.6 Å². The van der Waals surface area contributed by atoms with E-state index in [-0.39, 0.29) is 5.38 Å². The van der Waals surface area contributed by atoms with Gasteiger partial charge >= 0.3 is 0 Å². The Balaban J connectivity index is 3.08. The first kappa shape index (κ1) is 11.7. The van der Waals surface area contributed by atoms with E-state index in [4.69, 9.17) is 27.8 Å². The third kappa shape index (κ3) is 8.60. The van der Waals surface area contributed by atoms with E-state index < -0.39 is 11.1 Å². The topological polar surface area (TPSA) is 37.3 Å². The van der Waals surface area contributed by atoms with Gasteiger partial charge in [-0.15, -0.1) is 23.2 Å². The molecule has 0 spiro atoms. The summed E-state index contributed by atoms with van der Waals surface area (Å²) in [5.74, 6) is 0.787. The summed E-state index contributed by atoms with van der Waals surface area (Å²) in [4.78, 5) is 0. The van der Waals surface area contributed by atoms with Gasteiger partial charge < -0.3 is 4.55 Å². The minimum absolute atomic E-state index is 0.00351. The largest absolute Gasteiger partial charge is 0.306 e. The molecule has 0 aliphatic rings. The van der Waals surface area contributed by atoms with Crippen LogP contribution < -0.4 is 0 Å². The van der Waals surface area contributed by atoms with Crippen molar-refractivity contribution in [2.45, 2.75) is 24.6 Å². The average molecular weight is 219 g/mol. The highest BCUT2D eigenvalue weighted by Crippen LogP contribution is 2.08. The third-order valence-corrected chi connectivity index (χ3v) is 2.79. The normalized spacial score (nSPS) is 16.3. The van der Waals surface area contributed by atoms with Crippen molar-refractivity contribution in [2.24, 2.45) is 0 Å². The monoisotopic (exact) mass is 218 g/mol. The Bertz CT molecular complexity index is 121. The van der Waals surface area contributed by atoms with E-state index in [2.05, 4.69) is 0 Å². The molecule has 0 heterocycles. The zero-order valence-corrected chi connectivity index (χ0v) is 8.46. The summed E-state index contributed by atoms with van der Waals surface area (Å²) >= 11 is 9.50. The summed E-state index contributed by atoms with van der Waals surface area (Å²) in [6.45, 7) is 0. The number of hydrogen-bond acceptors (Lipinski definition) is 1. The van der Waals surface area contributed by atoms with Gasteiger partial charge in [0.05, 0.1) is 0 Å². The molecule has 0 saturated heterocycles. The van der Waals surface area contributed by atoms with Crippen molar-refractivity contribution in [3.8, 4) is 0 Å². The van der Waals surface area contributed by atoms with Crippen LogP contribution in [0.15, 0.2) is 0 Å². The van der Waals surface area contributed by atoms with E-state index in [0.717, 1.165) is 19.3 Å². The van der Waals surface area contributed by atoms with Gasteiger partial charge in [0.1, 0.15) is 0 Å². The van der Waals surface area contributed by atoms with Crippen LogP contribution in [0, 0.1) is 0 Å². The van der Waals surface area contributed by atoms with Crippen LogP contribution >= 0.6 is 23.2 Å². The van der Waals surface area contributed by atoms with Crippen molar-refractivity contribution in [1.29, 1.82) is 0 Å². The van der Waals surface area contributed by atoms with Crippen molar-refractivity contribution in [3.05, 3.63) is 0 Å². The molecule has 0 bridgehead atoms. The maximum Gasteiger partial charge on any atom is 0.152 e. The van der Waals surface area contributed by atoms with Gasteiger partial charge in [0.15, 0.2) is 11.1 Å². The highest BCUT2D eigenvalue weighted by molar-refractivity contribution is 7.79. The maximum absolute atomic E-state index is 10.2. The second-order valence-electron chi connectivity index (χ2n) is 2.27. The standard InChI is InChI=1S/C6H12Cl2O2S/c7-5-6(8)3-1-2-4-11(9)10/h6H,1-5H2,(H,9,10). The van der Waals surface area contributed by atoms with Crippen LogP contribution in [0.1, 0.15) is 19.3 Å². The minimum Gasteiger partial charge on any atom is -0.306 e. The molecule has 1 N–H and O–H groups in total. The Kier molecular flexibility index (Phi) is 7.81. The molecule has 68 valence electrons. The lowest BCUT2D eigenvalue weighted by Gasteiger charge is -2.02. The molecular weight excluding hydrogens is 207 g/mol. The van der Waals surface area contributed by atoms with Gasteiger partial charge in [-0.1, -0.05) is 6.42 Å². The van der Waals surface area contributed by atoms with Gasteiger partial charge in [-0.2, -0.15) is 0 Å². The number of unbranched alkanes of at least 4 members (excludes halogenated alkanes) is 1. The SMILES string of the molecule is O=S(O)CCCCC(Cl)CCl. The van der Waals surface area contributed by atoms with E-state index in [1.54, 1.807) is 0 Å². The number of halogens is 2. The Morgan fingerprint density at radius 3 is 2.55 bits per heavy atom. The number of hydrogen-bond donors (Lipinski definition) is 1. The molecule has 0 saturated carbocycles. The van der Waals surface area contributed by atoms with Crippen molar-refractivity contribution in [2.75, 3.05) is 11.6 Å². The Labute approximate surface area is 79.5 Å². The van der Waals surface area contributed by atoms with E-state index >= 15 is 0 Å². The fourth-order valence-corrected chi connectivity index (χ4v) is 1.43. The zero-order chi connectivity index (χ0) is 8.69. The van der Waals surface area contributed by atoms with Crippen molar-refractivity contribution in [3.63, 3.8) is 0 Å². The Morgan fingerprint density at radius 2 is 2.09 bits per heavy atom. The van der Waals surface area contributed by atoms with Crippen LogP contribution in [-0.4, -0.2) is 25.8 Å². The summed E-state index contributed by atoms with van der Waals surface area (Å²) < 4.78 is 18.6. The molecule has 0 aromatic rings. The molecule has 0 rings (SSSR count). The predicted molar refractivity (Wildman–Crippen MR) is 49.9 cm³/mol. The maximum atomic E-state index is 10.2.